The molecule has 2 heterocycles. The molecule has 46 heavy (non-hydrogen) atoms. The average molecular weight is 683 g/mol. The van der Waals surface area contributed by atoms with E-state index in [0.717, 1.165) is 38.0 Å². The Morgan fingerprint density at radius 2 is 0.783 bits per heavy atom. The number of carbonyl (C=O) groups excluding carboxylic acids is 2. The van der Waals surface area contributed by atoms with Gasteiger partial charge in [-0.3, -0.25) is 0 Å². The van der Waals surface area contributed by atoms with Gasteiger partial charge in [0, 0.05) is 88.8 Å². The van der Waals surface area contributed by atoms with Gasteiger partial charge in [0.15, 0.2) is 24.8 Å². The number of carboxylic acids is 2. The molecule has 260 valence electrons. The summed E-state index contributed by atoms with van der Waals surface area (Å²) in [4.78, 5) is 18.8. The summed E-state index contributed by atoms with van der Waals surface area (Å²) in [6.45, 7) is 17.7. The fraction of sp³-hybridized carbons (Fsp3) is 0.562. The predicted octanol–water partition coefficient (Wildman–Crippen LogP) is 1.87. The molecule has 12 nitrogen and oxygen atoms in total. The minimum atomic E-state index is -2.46. The molecular formula is C32H54N2O10Si2. The number of carboxylic acid groups (broad SMARTS) is 2. The molecule has 0 N–H and O–H groups in total. The van der Waals surface area contributed by atoms with Crippen LogP contribution in [-0.4, -0.2) is 69.2 Å². The van der Waals surface area contributed by atoms with E-state index in [1.54, 1.807) is 0 Å². The first-order valence-electron chi connectivity index (χ1n) is 16.0. The van der Waals surface area contributed by atoms with E-state index in [9.17, 15) is 19.8 Å². The van der Waals surface area contributed by atoms with Gasteiger partial charge < -0.3 is 46.4 Å². The Kier molecular flexibility index (Phi) is 25.6. The molecule has 0 fully saturated rings. The van der Waals surface area contributed by atoms with E-state index >= 15 is 0 Å². The molecule has 0 bridgehead atoms. The number of rotatable bonds is 22. The van der Waals surface area contributed by atoms with Crippen molar-refractivity contribution in [3.63, 3.8) is 0 Å². The van der Waals surface area contributed by atoms with Crippen LogP contribution in [0.25, 0.3) is 0 Å². The third-order valence-corrected chi connectivity index (χ3v) is 12.2. The molecule has 0 aliphatic heterocycles. The van der Waals surface area contributed by atoms with Crippen LogP contribution >= 0.6 is 0 Å². The van der Waals surface area contributed by atoms with Gasteiger partial charge >= 0.3 is 17.6 Å². The fourth-order valence-corrected chi connectivity index (χ4v) is 9.45. The fourth-order valence-electron chi connectivity index (χ4n) is 4.26. The summed E-state index contributed by atoms with van der Waals surface area (Å²) < 4.78 is 39.3. The van der Waals surface area contributed by atoms with Gasteiger partial charge in [-0.15, -0.1) is 0 Å². The predicted molar refractivity (Wildman–Crippen MR) is 173 cm³/mol. The van der Waals surface area contributed by atoms with Gasteiger partial charge in [0.05, 0.1) is 11.9 Å². The number of hydrogen-bond acceptors (Lipinski definition) is 10. The summed E-state index contributed by atoms with van der Waals surface area (Å²) in [5.74, 6) is -3.09. The molecule has 0 aliphatic rings. The Morgan fingerprint density at radius 1 is 0.522 bits per heavy atom. The molecule has 0 atom stereocenters. The molecule has 0 saturated heterocycles. The van der Waals surface area contributed by atoms with Crippen molar-refractivity contribution in [2.45, 2.75) is 79.6 Å². The minimum absolute atomic E-state index is 0.384. The lowest BCUT2D eigenvalue weighted by Crippen LogP contribution is -2.46. The highest BCUT2D eigenvalue weighted by Crippen LogP contribution is 2.19. The van der Waals surface area contributed by atoms with E-state index in [4.69, 9.17) is 26.6 Å². The van der Waals surface area contributed by atoms with Crippen molar-refractivity contribution in [2.75, 3.05) is 39.6 Å². The standard InChI is InChI=1S/2C14H26NO3Si.C4H4O4/c2*1-4-16-19(17-5-2,18-6-3)14-10-13-15-11-8-7-9-12-15;5-3(6)1-2-4(7)8/h2*7-9,11-12H,4-6,10,13-14H2,1-3H3;1-2H,(H,5,6)(H,7,8)/q2*+1;/p-2/b;;2-1-. The maximum Gasteiger partial charge on any atom is 0.501 e. The lowest BCUT2D eigenvalue weighted by atomic mass is 10.4. The summed E-state index contributed by atoms with van der Waals surface area (Å²) in [5.41, 5.74) is 0. The summed E-state index contributed by atoms with van der Waals surface area (Å²) in [6, 6.07) is 13.9. The zero-order chi connectivity index (χ0) is 34.5. The maximum atomic E-state index is 9.41. The smallest absolute Gasteiger partial charge is 0.501 e. The highest BCUT2D eigenvalue weighted by molar-refractivity contribution is 6.61. The van der Waals surface area contributed by atoms with Crippen molar-refractivity contribution in [3.05, 3.63) is 73.3 Å². The van der Waals surface area contributed by atoms with Crippen LogP contribution in [0.1, 0.15) is 54.4 Å². The van der Waals surface area contributed by atoms with Crippen LogP contribution in [-0.2, 0) is 49.2 Å². The van der Waals surface area contributed by atoms with Gasteiger partial charge in [0.25, 0.3) is 0 Å². The van der Waals surface area contributed by atoms with Gasteiger partial charge in [-0.1, -0.05) is 12.1 Å². The molecule has 0 amide bonds. The zero-order valence-electron chi connectivity index (χ0n) is 28.4. The summed E-state index contributed by atoms with van der Waals surface area (Å²) in [7, 11) is -4.93. The first-order chi connectivity index (χ1) is 22.1. The van der Waals surface area contributed by atoms with Crippen molar-refractivity contribution >= 4 is 29.5 Å². The molecule has 2 rings (SSSR count). The first-order valence-corrected chi connectivity index (χ1v) is 19.8. The molecule has 14 heteroatoms. The molecule has 0 radical (unpaired) electrons. The lowest BCUT2D eigenvalue weighted by Gasteiger charge is -2.28. The van der Waals surface area contributed by atoms with E-state index in [1.165, 1.54) is 0 Å². The topological polar surface area (TPSA) is 143 Å². The summed E-state index contributed by atoms with van der Waals surface area (Å²) in [5, 5.41) is 18.8. The molecule has 2 aromatic rings. The highest BCUT2D eigenvalue weighted by Gasteiger charge is 2.41. The van der Waals surface area contributed by atoms with Crippen molar-refractivity contribution in [1.82, 2.24) is 0 Å². The molecule has 0 aromatic carbocycles. The molecular weight excluding hydrogens is 629 g/mol. The number of aliphatic carboxylic acids is 2. The van der Waals surface area contributed by atoms with Crippen LogP contribution in [0.2, 0.25) is 12.1 Å². The Hall–Kier alpha value is -2.83. The minimum Gasteiger partial charge on any atom is -0.545 e. The quantitative estimate of drug-likeness (QED) is 0.103. The zero-order valence-corrected chi connectivity index (χ0v) is 30.4. The Balaban J connectivity index is 0.000000716. The van der Waals surface area contributed by atoms with Gasteiger partial charge in [-0.25, -0.2) is 9.13 Å². The van der Waals surface area contributed by atoms with Gasteiger partial charge in [-0.05, 0) is 53.7 Å². The molecule has 0 aliphatic carbocycles. The maximum absolute atomic E-state index is 9.41. The number of aromatic nitrogens is 2. The molecule has 0 unspecified atom stereocenters. The number of pyridine rings is 2. The van der Waals surface area contributed by atoms with Crippen LogP contribution < -0.4 is 19.3 Å². The number of nitrogens with zero attached hydrogens (tertiary/aromatic N) is 2. The number of carbonyl (C=O) groups is 2. The largest absolute Gasteiger partial charge is 0.545 e. The average Bonchev–Trinajstić information content (AvgIpc) is 3.03. The van der Waals surface area contributed by atoms with Gasteiger partial charge in [0.1, 0.15) is 13.1 Å². The lowest BCUT2D eigenvalue weighted by molar-refractivity contribution is -0.697. The van der Waals surface area contributed by atoms with Crippen molar-refractivity contribution in [1.29, 1.82) is 0 Å². The highest BCUT2D eigenvalue weighted by atomic mass is 28.4. The van der Waals surface area contributed by atoms with E-state index in [0.29, 0.717) is 51.8 Å². The Morgan fingerprint density at radius 3 is 1.00 bits per heavy atom. The van der Waals surface area contributed by atoms with E-state index in [-0.39, 0.29) is 0 Å². The van der Waals surface area contributed by atoms with Crippen LogP contribution in [0.15, 0.2) is 73.3 Å². The van der Waals surface area contributed by atoms with Crippen molar-refractivity contribution in [2.24, 2.45) is 0 Å². The van der Waals surface area contributed by atoms with Gasteiger partial charge in [0.2, 0.25) is 0 Å². The van der Waals surface area contributed by atoms with Crippen LogP contribution in [0.3, 0.4) is 0 Å². The van der Waals surface area contributed by atoms with Crippen LogP contribution in [0, 0.1) is 0 Å². The van der Waals surface area contributed by atoms with Gasteiger partial charge in [-0.2, -0.15) is 0 Å². The first kappa shape index (κ1) is 43.2. The van der Waals surface area contributed by atoms with E-state index in [2.05, 4.69) is 33.9 Å². The second-order valence-electron chi connectivity index (χ2n) is 9.37. The van der Waals surface area contributed by atoms with Crippen molar-refractivity contribution < 1.29 is 55.5 Å². The Labute approximate surface area is 277 Å². The molecule has 0 saturated carbocycles. The summed E-state index contributed by atoms with van der Waals surface area (Å²) >= 11 is 0. The monoisotopic (exact) mass is 682 g/mol. The van der Waals surface area contributed by atoms with E-state index in [1.807, 2.05) is 77.9 Å². The Bertz CT molecular complexity index is 948. The van der Waals surface area contributed by atoms with Crippen molar-refractivity contribution in [3.8, 4) is 0 Å². The normalized spacial score (nSPS) is 11.3. The number of aryl methyl sites for hydroxylation is 2. The molecule has 0 spiro atoms. The van der Waals surface area contributed by atoms with E-state index < -0.39 is 29.5 Å². The third-order valence-electron chi connectivity index (χ3n) is 5.89. The molecule has 2 aromatic heterocycles. The van der Waals surface area contributed by atoms with Crippen LogP contribution in [0.4, 0.5) is 0 Å². The second kappa shape index (κ2) is 27.3. The SMILES string of the molecule is CCO[Si](CCC[n+]1ccccc1)(OCC)OCC.CCO[Si](CCC[n+]1ccccc1)(OCC)OCC.O=C([O-])/C=C\C(=O)[O-]. The number of hydrogen-bond donors (Lipinski definition) is 0. The third kappa shape index (κ3) is 21.1. The van der Waals surface area contributed by atoms with Crippen LogP contribution in [0.5, 0.6) is 0 Å². The second-order valence-corrected chi connectivity index (χ2v) is 14.8. The summed E-state index contributed by atoms with van der Waals surface area (Å²) in [6.07, 6.45) is 11.1.